The molecule has 1 fully saturated rings. The Morgan fingerprint density at radius 1 is 1.32 bits per heavy atom. The standard InChI is InChI=1S/C13H22O6/c1-2-17-12(15)7-10(14)8-13(16)19-9-18-11-5-3-4-6-11/h11,13,16H,2-9H2,1H3. The second-order valence-corrected chi connectivity index (χ2v) is 4.54. The molecule has 1 aliphatic carbocycles. The molecule has 6 heteroatoms. The maximum absolute atomic E-state index is 11.4. The van der Waals surface area contributed by atoms with Crippen LogP contribution in [0.3, 0.4) is 0 Å². The van der Waals surface area contributed by atoms with Gasteiger partial charge in [-0.05, 0) is 19.8 Å². The summed E-state index contributed by atoms with van der Waals surface area (Å²) in [6.07, 6.45) is 2.74. The molecule has 0 aromatic carbocycles. The van der Waals surface area contributed by atoms with Gasteiger partial charge in [-0.25, -0.2) is 0 Å². The molecule has 1 rings (SSSR count). The molecule has 0 amide bonds. The number of ketones is 1. The molecule has 0 saturated heterocycles. The zero-order valence-electron chi connectivity index (χ0n) is 11.3. The third kappa shape index (κ3) is 7.25. The summed E-state index contributed by atoms with van der Waals surface area (Å²) < 4.78 is 15.0. The Morgan fingerprint density at radius 2 is 2.00 bits per heavy atom. The number of aliphatic hydroxyl groups excluding tert-OH is 1. The van der Waals surface area contributed by atoms with Crippen molar-refractivity contribution in [2.45, 2.75) is 57.8 Å². The smallest absolute Gasteiger partial charge is 0.313 e. The highest BCUT2D eigenvalue weighted by atomic mass is 16.7. The summed E-state index contributed by atoms with van der Waals surface area (Å²) in [5, 5.41) is 9.46. The molecule has 1 aliphatic rings. The Labute approximate surface area is 113 Å². The van der Waals surface area contributed by atoms with E-state index < -0.39 is 18.0 Å². The SMILES string of the molecule is CCOC(=O)CC(=O)CC(O)OCOC1CCCC1. The minimum atomic E-state index is -1.23. The van der Waals surface area contributed by atoms with Crippen LogP contribution in [-0.2, 0) is 23.8 Å². The van der Waals surface area contributed by atoms with E-state index in [0.29, 0.717) is 0 Å². The Balaban J connectivity index is 2.07. The average Bonchev–Trinajstić information content (AvgIpc) is 2.81. The van der Waals surface area contributed by atoms with Crippen LogP contribution in [-0.4, -0.2) is 42.7 Å². The maximum Gasteiger partial charge on any atom is 0.313 e. The first-order valence-corrected chi connectivity index (χ1v) is 6.70. The minimum Gasteiger partial charge on any atom is -0.466 e. The molecule has 110 valence electrons. The van der Waals surface area contributed by atoms with E-state index in [4.69, 9.17) is 9.47 Å². The van der Waals surface area contributed by atoms with Crippen LogP contribution in [0.1, 0.15) is 45.4 Å². The molecular formula is C13H22O6. The molecule has 19 heavy (non-hydrogen) atoms. The summed E-state index contributed by atoms with van der Waals surface area (Å²) >= 11 is 0. The fourth-order valence-corrected chi connectivity index (χ4v) is 1.97. The van der Waals surface area contributed by atoms with Crippen molar-refractivity contribution < 1.29 is 28.9 Å². The van der Waals surface area contributed by atoms with Gasteiger partial charge in [0, 0.05) is 0 Å². The molecular weight excluding hydrogens is 252 g/mol. The van der Waals surface area contributed by atoms with Crippen molar-refractivity contribution >= 4 is 11.8 Å². The van der Waals surface area contributed by atoms with Crippen molar-refractivity contribution in [3.05, 3.63) is 0 Å². The third-order valence-corrected chi connectivity index (χ3v) is 2.92. The highest BCUT2D eigenvalue weighted by Gasteiger charge is 2.18. The Kier molecular flexibility index (Phi) is 7.62. The van der Waals surface area contributed by atoms with Crippen LogP contribution < -0.4 is 0 Å². The lowest BCUT2D eigenvalue weighted by Crippen LogP contribution is -2.22. The third-order valence-electron chi connectivity index (χ3n) is 2.92. The van der Waals surface area contributed by atoms with Crippen molar-refractivity contribution in [3.63, 3.8) is 0 Å². The van der Waals surface area contributed by atoms with Gasteiger partial charge in [0.25, 0.3) is 0 Å². The molecule has 0 aliphatic heterocycles. The highest BCUT2D eigenvalue weighted by molar-refractivity contribution is 5.95. The number of aliphatic hydroxyl groups is 1. The molecule has 0 spiro atoms. The predicted octanol–water partition coefficient (Wildman–Crippen LogP) is 1.15. The van der Waals surface area contributed by atoms with Crippen LogP contribution in [0.25, 0.3) is 0 Å². The van der Waals surface area contributed by atoms with Crippen molar-refractivity contribution in [2.24, 2.45) is 0 Å². The van der Waals surface area contributed by atoms with E-state index in [1.54, 1.807) is 6.92 Å². The van der Waals surface area contributed by atoms with Crippen molar-refractivity contribution in [1.29, 1.82) is 0 Å². The monoisotopic (exact) mass is 274 g/mol. The zero-order chi connectivity index (χ0) is 14.1. The second kappa shape index (κ2) is 9.01. The maximum atomic E-state index is 11.4. The Bertz CT molecular complexity index is 285. The van der Waals surface area contributed by atoms with Crippen LogP contribution in [0.4, 0.5) is 0 Å². The predicted molar refractivity (Wildman–Crippen MR) is 66.2 cm³/mol. The number of carbonyl (C=O) groups is 2. The molecule has 0 heterocycles. The molecule has 0 aromatic rings. The summed E-state index contributed by atoms with van der Waals surface area (Å²) in [5.74, 6) is -0.992. The first-order valence-electron chi connectivity index (χ1n) is 6.70. The summed E-state index contributed by atoms with van der Waals surface area (Å²) in [5.41, 5.74) is 0. The van der Waals surface area contributed by atoms with E-state index in [1.165, 1.54) is 0 Å². The summed E-state index contributed by atoms with van der Waals surface area (Å²) in [6, 6.07) is 0. The van der Waals surface area contributed by atoms with E-state index in [2.05, 4.69) is 4.74 Å². The van der Waals surface area contributed by atoms with E-state index in [1.807, 2.05) is 0 Å². The number of rotatable bonds is 9. The van der Waals surface area contributed by atoms with Crippen LogP contribution in [0.5, 0.6) is 0 Å². The van der Waals surface area contributed by atoms with Crippen molar-refractivity contribution in [1.82, 2.24) is 0 Å². The molecule has 1 unspecified atom stereocenters. The molecule has 0 bridgehead atoms. The molecule has 6 nitrogen and oxygen atoms in total. The topological polar surface area (TPSA) is 82.1 Å². The zero-order valence-corrected chi connectivity index (χ0v) is 11.3. The van der Waals surface area contributed by atoms with Gasteiger partial charge in [0.15, 0.2) is 6.29 Å². The summed E-state index contributed by atoms with van der Waals surface area (Å²) in [7, 11) is 0. The van der Waals surface area contributed by atoms with Crippen LogP contribution in [0, 0.1) is 0 Å². The fraction of sp³-hybridized carbons (Fsp3) is 0.846. The van der Waals surface area contributed by atoms with Gasteiger partial charge in [0.2, 0.25) is 0 Å². The van der Waals surface area contributed by atoms with Crippen LogP contribution in [0.2, 0.25) is 0 Å². The van der Waals surface area contributed by atoms with E-state index in [0.717, 1.165) is 25.7 Å². The van der Waals surface area contributed by atoms with Crippen molar-refractivity contribution in [2.75, 3.05) is 13.4 Å². The quantitative estimate of drug-likeness (QED) is 0.386. The number of Topliss-reactive ketones (excluding diaryl/α,β-unsaturated/α-hetero) is 1. The second-order valence-electron chi connectivity index (χ2n) is 4.54. The van der Waals surface area contributed by atoms with Gasteiger partial charge in [-0.2, -0.15) is 0 Å². The Morgan fingerprint density at radius 3 is 2.63 bits per heavy atom. The normalized spacial score (nSPS) is 17.4. The molecule has 0 aromatic heterocycles. The van der Waals surface area contributed by atoms with Gasteiger partial charge in [-0.1, -0.05) is 12.8 Å². The van der Waals surface area contributed by atoms with Gasteiger partial charge >= 0.3 is 5.97 Å². The van der Waals surface area contributed by atoms with Crippen molar-refractivity contribution in [3.8, 4) is 0 Å². The van der Waals surface area contributed by atoms with Gasteiger partial charge in [0.05, 0.1) is 19.1 Å². The van der Waals surface area contributed by atoms with E-state index in [9.17, 15) is 14.7 Å². The summed E-state index contributed by atoms with van der Waals surface area (Å²) in [4.78, 5) is 22.4. The van der Waals surface area contributed by atoms with Gasteiger partial charge in [0.1, 0.15) is 19.0 Å². The first-order chi connectivity index (χ1) is 9.11. The molecule has 1 N–H and O–H groups in total. The van der Waals surface area contributed by atoms with Gasteiger partial charge in [-0.3, -0.25) is 9.59 Å². The number of esters is 1. The van der Waals surface area contributed by atoms with E-state index in [-0.39, 0.29) is 32.3 Å². The number of hydrogen-bond donors (Lipinski definition) is 1. The summed E-state index contributed by atoms with van der Waals surface area (Å²) in [6.45, 7) is 1.87. The van der Waals surface area contributed by atoms with Crippen LogP contribution >= 0.6 is 0 Å². The number of carbonyl (C=O) groups excluding carboxylic acids is 2. The van der Waals surface area contributed by atoms with Crippen LogP contribution in [0.15, 0.2) is 0 Å². The number of ether oxygens (including phenoxy) is 3. The Hall–Kier alpha value is -0.980. The molecule has 1 saturated carbocycles. The first kappa shape index (κ1) is 16.1. The van der Waals surface area contributed by atoms with Gasteiger partial charge < -0.3 is 19.3 Å². The molecule has 0 radical (unpaired) electrons. The van der Waals surface area contributed by atoms with E-state index >= 15 is 0 Å². The fourth-order valence-electron chi connectivity index (χ4n) is 1.97. The average molecular weight is 274 g/mol. The largest absolute Gasteiger partial charge is 0.466 e. The lowest BCUT2D eigenvalue weighted by molar-refractivity contribution is -0.186. The molecule has 1 atom stereocenters. The lowest BCUT2D eigenvalue weighted by atomic mass is 10.2. The lowest BCUT2D eigenvalue weighted by Gasteiger charge is -2.14. The van der Waals surface area contributed by atoms with Gasteiger partial charge in [-0.15, -0.1) is 0 Å². The number of hydrogen-bond acceptors (Lipinski definition) is 6. The minimum absolute atomic E-state index is 0.0292. The highest BCUT2D eigenvalue weighted by Crippen LogP contribution is 2.20.